The third kappa shape index (κ3) is 4.75. The van der Waals surface area contributed by atoms with Crippen molar-refractivity contribution in [3.05, 3.63) is 29.8 Å². The lowest BCUT2D eigenvalue weighted by Gasteiger charge is -2.25. The fourth-order valence-corrected chi connectivity index (χ4v) is 1.86. The van der Waals surface area contributed by atoms with Gasteiger partial charge < -0.3 is 10.6 Å². The number of hydrogen-bond acceptors (Lipinski definition) is 3. The molecule has 0 amide bonds. The summed E-state index contributed by atoms with van der Waals surface area (Å²) in [5, 5.41) is 0. The first kappa shape index (κ1) is 14.0. The van der Waals surface area contributed by atoms with Gasteiger partial charge in [0, 0.05) is 11.7 Å². The molecule has 0 heterocycles. The minimum absolute atomic E-state index is 0.442. The average Bonchev–Trinajstić information content (AvgIpc) is 2.28. The molecule has 3 nitrogen and oxygen atoms in total. The first-order chi connectivity index (χ1) is 8.00. The average molecular weight is 235 g/mol. The van der Waals surface area contributed by atoms with Crippen LogP contribution in [0.3, 0.4) is 0 Å². The Labute approximate surface area is 105 Å². The summed E-state index contributed by atoms with van der Waals surface area (Å²) in [6.07, 6.45) is 1.20. The van der Waals surface area contributed by atoms with E-state index >= 15 is 0 Å². The minimum atomic E-state index is 0.442. The van der Waals surface area contributed by atoms with Crippen molar-refractivity contribution in [1.29, 1.82) is 0 Å². The maximum absolute atomic E-state index is 5.70. The van der Waals surface area contributed by atoms with Crippen molar-refractivity contribution >= 4 is 5.69 Å². The Bertz CT molecular complexity index is 319. The Hall–Kier alpha value is -1.06. The van der Waals surface area contributed by atoms with E-state index in [1.165, 1.54) is 12.0 Å². The third-order valence-corrected chi connectivity index (χ3v) is 3.20. The van der Waals surface area contributed by atoms with Crippen molar-refractivity contribution in [2.24, 2.45) is 0 Å². The molecular formula is C14H25N3. The van der Waals surface area contributed by atoms with Gasteiger partial charge in [-0.3, -0.25) is 4.90 Å². The zero-order valence-electron chi connectivity index (χ0n) is 11.5. The summed E-state index contributed by atoms with van der Waals surface area (Å²) in [6.45, 7) is 4.49. The molecular weight excluding hydrogens is 210 g/mol. The van der Waals surface area contributed by atoms with Gasteiger partial charge in [0.25, 0.3) is 0 Å². The van der Waals surface area contributed by atoms with E-state index in [0.717, 1.165) is 18.8 Å². The molecule has 1 aromatic rings. The molecule has 96 valence electrons. The Balaban J connectivity index is 2.45. The highest BCUT2D eigenvalue weighted by Gasteiger charge is 2.10. The molecule has 0 aliphatic carbocycles. The van der Waals surface area contributed by atoms with Crippen molar-refractivity contribution in [1.82, 2.24) is 9.80 Å². The predicted octanol–water partition coefficient (Wildman–Crippen LogP) is 2.21. The number of rotatable bonds is 6. The maximum Gasteiger partial charge on any atom is 0.0316 e. The second-order valence-electron chi connectivity index (χ2n) is 4.98. The van der Waals surface area contributed by atoms with Gasteiger partial charge in [-0.25, -0.2) is 0 Å². The number of anilines is 1. The topological polar surface area (TPSA) is 32.5 Å². The van der Waals surface area contributed by atoms with Crippen LogP contribution >= 0.6 is 0 Å². The van der Waals surface area contributed by atoms with Crippen LogP contribution in [0.1, 0.15) is 24.9 Å². The van der Waals surface area contributed by atoms with Crippen molar-refractivity contribution in [2.45, 2.75) is 19.4 Å². The maximum atomic E-state index is 5.70. The number of nitrogen functional groups attached to an aromatic ring is 1. The summed E-state index contributed by atoms with van der Waals surface area (Å²) in [7, 11) is 6.41. The lowest BCUT2D eigenvalue weighted by atomic mass is 10.1. The lowest BCUT2D eigenvalue weighted by Crippen LogP contribution is -2.26. The predicted molar refractivity (Wildman–Crippen MR) is 75.1 cm³/mol. The molecule has 0 fully saturated rings. The van der Waals surface area contributed by atoms with Gasteiger partial charge in [-0.15, -0.1) is 0 Å². The van der Waals surface area contributed by atoms with Crippen LogP contribution < -0.4 is 5.73 Å². The van der Waals surface area contributed by atoms with Gasteiger partial charge in [0.05, 0.1) is 0 Å². The van der Waals surface area contributed by atoms with E-state index in [2.05, 4.69) is 50.0 Å². The van der Waals surface area contributed by atoms with Crippen molar-refractivity contribution in [3.63, 3.8) is 0 Å². The zero-order chi connectivity index (χ0) is 12.8. The van der Waals surface area contributed by atoms with Gasteiger partial charge in [-0.1, -0.05) is 12.1 Å². The minimum Gasteiger partial charge on any atom is -0.399 e. The monoisotopic (exact) mass is 235 g/mol. The summed E-state index contributed by atoms with van der Waals surface area (Å²) in [5.41, 5.74) is 7.85. The molecule has 17 heavy (non-hydrogen) atoms. The summed E-state index contributed by atoms with van der Waals surface area (Å²) in [4.78, 5) is 4.61. The van der Waals surface area contributed by atoms with Crippen LogP contribution in [0.5, 0.6) is 0 Å². The van der Waals surface area contributed by atoms with Crippen LogP contribution in [-0.2, 0) is 0 Å². The Morgan fingerprint density at radius 3 is 2.18 bits per heavy atom. The first-order valence-electron chi connectivity index (χ1n) is 6.21. The first-order valence-corrected chi connectivity index (χ1v) is 6.21. The summed E-state index contributed by atoms with van der Waals surface area (Å²) < 4.78 is 0. The fourth-order valence-electron chi connectivity index (χ4n) is 1.86. The molecule has 0 saturated heterocycles. The number of hydrogen-bond donors (Lipinski definition) is 1. The largest absolute Gasteiger partial charge is 0.399 e. The standard InChI is InChI=1S/C14H25N3/c1-12(13-6-8-14(15)9-7-13)17(4)11-5-10-16(2)3/h6-9,12H,5,10-11,15H2,1-4H3. The highest BCUT2D eigenvalue weighted by Crippen LogP contribution is 2.19. The molecule has 0 aliphatic rings. The van der Waals surface area contributed by atoms with E-state index in [-0.39, 0.29) is 0 Å². The lowest BCUT2D eigenvalue weighted by molar-refractivity contribution is 0.244. The zero-order valence-corrected chi connectivity index (χ0v) is 11.5. The molecule has 1 unspecified atom stereocenters. The summed E-state index contributed by atoms with van der Waals surface area (Å²) in [5.74, 6) is 0. The second kappa shape index (κ2) is 6.62. The molecule has 0 bridgehead atoms. The molecule has 0 saturated carbocycles. The van der Waals surface area contributed by atoms with E-state index in [0.29, 0.717) is 6.04 Å². The highest BCUT2D eigenvalue weighted by atomic mass is 15.1. The summed E-state index contributed by atoms with van der Waals surface area (Å²) in [6, 6.07) is 8.61. The van der Waals surface area contributed by atoms with Crippen LogP contribution in [0.4, 0.5) is 5.69 Å². The number of nitrogens with zero attached hydrogens (tertiary/aromatic N) is 2. The number of benzene rings is 1. The van der Waals surface area contributed by atoms with Crippen LogP contribution in [0, 0.1) is 0 Å². The van der Waals surface area contributed by atoms with Crippen LogP contribution in [0.15, 0.2) is 24.3 Å². The SMILES string of the molecule is CC(c1ccc(N)cc1)N(C)CCCN(C)C. The molecule has 0 aliphatic heterocycles. The van der Waals surface area contributed by atoms with Gasteiger partial charge in [-0.05, 0) is 65.3 Å². The molecule has 0 radical (unpaired) electrons. The van der Waals surface area contributed by atoms with Crippen molar-refractivity contribution < 1.29 is 0 Å². The normalized spacial score (nSPS) is 13.3. The molecule has 3 heteroatoms. The Kier molecular flexibility index (Phi) is 5.45. The van der Waals surface area contributed by atoms with E-state index in [4.69, 9.17) is 5.73 Å². The van der Waals surface area contributed by atoms with Gasteiger partial charge in [0.1, 0.15) is 0 Å². The summed E-state index contributed by atoms with van der Waals surface area (Å²) >= 11 is 0. The van der Waals surface area contributed by atoms with Crippen molar-refractivity contribution in [2.75, 3.05) is 40.0 Å². The van der Waals surface area contributed by atoms with Crippen molar-refractivity contribution in [3.8, 4) is 0 Å². The molecule has 1 aromatic carbocycles. The Morgan fingerprint density at radius 2 is 1.65 bits per heavy atom. The van der Waals surface area contributed by atoms with E-state index in [9.17, 15) is 0 Å². The molecule has 1 atom stereocenters. The van der Waals surface area contributed by atoms with Gasteiger partial charge in [0.2, 0.25) is 0 Å². The smallest absolute Gasteiger partial charge is 0.0316 e. The molecule has 2 N–H and O–H groups in total. The number of nitrogens with two attached hydrogens (primary N) is 1. The van der Waals surface area contributed by atoms with E-state index < -0.39 is 0 Å². The molecule has 0 aromatic heterocycles. The molecule has 1 rings (SSSR count). The van der Waals surface area contributed by atoms with Crippen LogP contribution in [-0.4, -0.2) is 44.0 Å². The highest BCUT2D eigenvalue weighted by molar-refractivity contribution is 5.39. The van der Waals surface area contributed by atoms with Crippen LogP contribution in [0.25, 0.3) is 0 Å². The third-order valence-electron chi connectivity index (χ3n) is 3.20. The second-order valence-corrected chi connectivity index (χ2v) is 4.98. The van der Waals surface area contributed by atoms with Gasteiger partial charge >= 0.3 is 0 Å². The van der Waals surface area contributed by atoms with Gasteiger partial charge in [-0.2, -0.15) is 0 Å². The van der Waals surface area contributed by atoms with Crippen LogP contribution in [0.2, 0.25) is 0 Å². The molecule has 0 spiro atoms. The van der Waals surface area contributed by atoms with E-state index in [1.54, 1.807) is 0 Å². The fraction of sp³-hybridized carbons (Fsp3) is 0.571. The Morgan fingerprint density at radius 1 is 1.06 bits per heavy atom. The van der Waals surface area contributed by atoms with Gasteiger partial charge in [0.15, 0.2) is 0 Å². The van der Waals surface area contributed by atoms with E-state index in [1.807, 2.05) is 12.1 Å². The quantitative estimate of drug-likeness (QED) is 0.767.